The summed E-state index contributed by atoms with van der Waals surface area (Å²) in [5, 5.41) is 7.33. The first-order chi connectivity index (χ1) is 12.0. The van der Waals surface area contributed by atoms with Crippen molar-refractivity contribution in [3.63, 3.8) is 0 Å². The normalized spacial score (nSPS) is 12.2. The van der Waals surface area contributed by atoms with Gasteiger partial charge in [-0.15, -0.1) is 11.3 Å². The molecule has 0 aliphatic rings. The Morgan fingerprint density at radius 2 is 2.00 bits per heavy atom. The molecule has 2 N–H and O–H groups in total. The Hall–Kier alpha value is -1.93. The van der Waals surface area contributed by atoms with E-state index in [2.05, 4.69) is 27.5 Å². The van der Waals surface area contributed by atoms with Gasteiger partial charge < -0.3 is 10.6 Å². The van der Waals surface area contributed by atoms with Crippen LogP contribution in [0.5, 0.6) is 0 Å². The van der Waals surface area contributed by atoms with E-state index in [1.165, 1.54) is 4.88 Å². The molecular formula is C17H24N4O2S2. The topological polar surface area (TPSA) is 83.4 Å². The first-order valence-electron chi connectivity index (χ1n) is 8.21. The van der Waals surface area contributed by atoms with Crippen LogP contribution in [0, 0.1) is 0 Å². The Bertz CT molecular complexity index is 786. The Morgan fingerprint density at radius 1 is 1.24 bits per heavy atom. The van der Waals surface area contributed by atoms with Crippen molar-refractivity contribution in [2.24, 2.45) is 4.99 Å². The lowest BCUT2D eigenvalue weighted by atomic mass is 10.4. The molecule has 0 radical (unpaired) electrons. The number of nitrogens with one attached hydrogen (secondary N) is 2. The first-order valence-corrected chi connectivity index (χ1v) is 10.7. The maximum Gasteiger partial charge on any atom is 0.191 e. The van der Waals surface area contributed by atoms with Crippen LogP contribution < -0.4 is 10.6 Å². The van der Waals surface area contributed by atoms with E-state index in [1.807, 2.05) is 12.3 Å². The van der Waals surface area contributed by atoms with E-state index in [-0.39, 0.29) is 5.75 Å². The molecule has 0 amide bonds. The van der Waals surface area contributed by atoms with E-state index in [4.69, 9.17) is 0 Å². The van der Waals surface area contributed by atoms with Gasteiger partial charge >= 0.3 is 0 Å². The number of hydrogen-bond acceptors (Lipinski definition) is 5. The highest BCUT2D eigenvalue weighted by Gasteiger charge is 2.13. The number of rotatable bonds is 8. The van der Waals surface area contributed by atoms with Crippen molar-refractivity contribution in [3.05, 3.63) is 46.4 Å². The number of thiazole rings is 1. The molecule has 0 fully saturated rings. The van der Waals surface area contributed by atoms with Gasteiger partial charge in [-0.05, 0) is 25.0 Å². The maximum atomic E-state index is 12.2. The van der Waals surface area contributed by atoms with Crippen LogP contribution in [0.3, 0.4) is 0 Å². The molecule has 1 aromatic carbocycles. The predicted octanol–water partition coefficient (Wildman–Crippen LogP) is 2.23. The van der Waals surface area contributed by atoms with E-state index in [0.717, 1.165) is 11.4 Å². The molecule has 0 unspecified atom stereocenters. The van der Waals surface area contributed by atoms with Crippen LogP contribution in [-0.2, 0) is 22.8 Å². The largest absolute Gasteiger partial charge is 0.356 e. The molecule has 0 aliphatic carbocycles. The average molecular weight is 381 g/mol. The zero-order valence-corrected chi connectivity index (χ0v) is 16.2. The van der Waals surface area contributed by atoms with E-state index in [0.29, 0.717) is 30.4 Å². The summed E-state index contributed by atoms with van der Waals surface area (Å²) in [6, 6.07) is 8.53. The number of hydrogen-bond donors (Lipinski definition) is 2. The van der Waals surface area contributed by atoms with Crippen LogP contribution >= 0.6 is 11.3 Å². The number of aliphatic imine (C=N–C) groups is 1. The fraction of sp³-hybridized carbons (Fsp3) is 0.412. The van der Waals surface area contributed by atoms with Gasteiger partial charge in [0, 0.05) is 24.7 Å². The van der Waals surface area contributed by atoms with Gasteiger partial charge in [-0.2, -0.15) is 0 Å². The van der Waals surface area contributed by atoms with Gasteiger partial charge in [0.2, 0.25) is 0 Å². The van der Waals surface area contributed by atoms with Crippen LogP contribution in [0.2, 0.25) is 0 Å². The molecule has 1 heterocycles. The third kappa shape index (κ3) is 6.13. The SMILES string of the molecule is CCc1cnc(CNC(=NC)NCCCS(=O)(=O)c2ccccc2)s1. The summed E-state index contributed by atoms with van der Waals surface area (Å²) in [5.41, 5.74) is 0. The highest BCUT2D eigenvalue weighted by atomic mass is 32.2. The fourth-order valence-electron chi connectivity index (χ4n) is 2.19. The van der Waals surface area contributed by atoms with Crippen molar-refractivity contribution in [3.8, 4) is 0 Å². The second kappa shape index (κ2) is 9.53. The van der Waals surface area contributed by atoms with E-state index in [9.17, 15) is 8.42 Å². The zero-order valence-electron chi connectivity index (χ0n) is 14.5. The van der Waals surface area contributed by atoms with Crippen LogP contribution in [-0.4, -0.2) is 38.7 Å². The number of guanidine groups is 1. The molecule has 2 rings (SSSR count). The molecule has 2 aromatic rings. The minimum Gasteiger partial charge on any atom is -0.356 e. The molecule has 0 aliphatic heterocycles. The van der Waals surface area contributed by atoms with Crippen molar-refractivity contribution >= 4 is 27.1 Å². The summed E-state index contributed by atoms with van der Waals surface area (Å²) in [6.07, 6.45) is 3.39. The fourth-order valence-corrected chi connectivity index (χ4v) is 4.32. The van der Waals surface area contributed by atoms with Crippen molar-refractivity contribution in [2.75, 3.05) is 19.3 Å². The first kappa shape index (κ1) is 19.4. The number of aromatic nitrogens is 1. The van der Waals surface area contributed by atoms with Gasteiger partial charge in [-0.1, -0.05) is 25.1 Å². The lowest BCUT2D eigenvalue weighted by Crippen LogP contribution is -2.37. The summed E-state index contributed by atoms with van der Waals surface area (Å²) in [5.74, 6) is 0.748. The standard InChI is InChI=1S/C17H24N4O2S2/c1-3-14-12-20-16(24-14)13-21-17(18-2)19-10-7-11-25(22,23)15-8-5-4-6-9-15/h4-6,8-9,12H,3,7,10-11,13H2,1-2H3,(H2,18,19,21). The Morgan fingerprint density at radius 3 is 2.64 bits per heavy atom. The van der Waals surface area contributed by atoms with Crippen LogP contribution in [0.1, 0.15) is 23.2 Å². The molecular weight excluding hydrogens is 356 g/mol. The predicted molar refractivity (Wildman–Crippen MR) is 103 cm³/mol. The number of benzene rings is 1. The van der Waals surface area contributed by atoms with Crippen LogP contribution in [0.25, 0.3) is 0 Å². The number of nitrogens with zero attached hydrogens (tertiary/aromatic N) is 2. The van der Waals surface area contributed by atoms with Gasteiger partial charge in [-0.3, -0.25) is 4.99 Å². The van der Waals surface area contributed by atoms with Gasteiger partial charge in [0.05, 0.1) is 17.2 Å². The van der Waals surface area contributed by atoms with Crippen molar-refractivity contribution in [1.29, 1.82) is 0 Å². The number of aryl methyl sites for hydroxylation is 1. The maximum absolute atomic E-state index is 12.2. The van der Waals surface area contributed by atoms with E-state index in [1.54, 1.807) is 42.6 Å². The summed E-state index contributed by atoms with van der Waals surface area (Å²) >= 11 is 1.68. The minimum absolute atomic E-state index is 0.105. The van der Waals surface area contributed by atoms with Crippen molar-refractivity contribution < 1.29 is 8.42 Å². The molecule has 0 spiro atoms. The molecule has 0 saturated heterocycles. The third-order valence-corrected chi connectivity index (χ3v) is 6.52. The molecule has 8 heteroatoms. The molecule has 0 saturated carbocycles. The Balaban J connectivity index is 1.74. The third-order valence-electron chi connectivity index (χ3n) is 3.57. The summed E-state index contributed by atoms with van der Waals surface area (Å²) in [7, 11) is -1.54. The van der Waals surface area contributed by atoms with Gasteiger partial charge in [0.1, 0.15) is 5.01 Å². The molecule has 6 nitrogen and oxygen atoms in total. The second-order valence-electron chi connectivity index (χ2n) is 5.41. The lowest BCUT2D eigenvalue weighted by Gasteiger charge is -2.11. The summed E-state index contributed by atoms with van der Waals surface area (Å²) in [4.78, 5) is 10.1. The quantitative estimate of drug-likeness (QED) is 0.417. The Kier molecular flexibility index (Phi) is 7.39. The lowest BCUT2D eigenvalue weighted by molar-refractivity contribution is 0.592. The molecule has 0 atom stereocenters. The number of sulfone groups is 1. The zero-order chi connectivity index (χ0) is 18.1. The van der Waals surface area contributed by atoms with E-state index >= 15 is 0 Å². The van der Waals surface area contributed by atoms with Crippen molar-refractivity contribution in [2.45, 2.75) is 31.2 Å². The monoisotopic (exact) mass is 380 g/mol. The molecule has 25 heavy (non-hydrogen) atoms. The highest BCUT2D eigenvalue weighted by Crippen LogP contribution is 2.13. The van der Waals surface area contributed by atoms with Gasteiger partial charge in [-0.25, -0.2) is 13.4 Å². The van der Waals surface area contributed by atoms with Crippen molar-refractivity contribution in [1.82, 2.24) is 15.6 Å². The smallest absolute Gasteiger partial charge is 0.191 e. The second-order valence-corrected chi connectivity index (χ2v) is 8.72. The van der Waals surface area contributed by atoms with Crippen LogP contribution in [0.4, 0.5) is 0 Å². The van der Waals surface area contributed by atoms with E-state index < -0.39 is 9.84 Å². The van der Waals surface area contributed by atoms with Crippen LogP contribution in [0.15, 0.2) is 46.4 Å². The molecule has 136 valence electrons. The molecule has 1 aromatic heterocycles. The van der Waals surface area contributed by atoms with Gasteiger partial charge in [0.15, 0.2) is 15.8 Å². The Labute approximate surface area is 153 Å². The molecule has 0 bridgehead atoms. The highest BCUT2D eigenvalue weighted by molar-refractivity contribution is 7.91. The van der Waals surface area contributed by atoms with Gasteiger partial charge in [0.25, 0.3) is 0 Å². The summed E-state index contributed by atoms with van der Waals surface area (Å²) < 4.78 is 24.4. The summed E-state index contributed by atoms with van der Waals surface area (Å²) in [6.45, 7) is 3.24. The average Bonchev–Trinajstić information content (AvgIpc) is 3.10. The minimum atomic E-state index is -3.23.